The summed E-state index contributed by atoms with van der Waals surface area (Å²) in [5.74, 6) is 0.872. The molecule has 0 saturated heterocycles. The van der Waals surface area contributed by atoms with Crippen molar-refractivity contribution >= 4 is 32.7 Å². The molecule has 0 bridgehead atoms. The van der Waals surface area contributed by atoms with Crippen molar-refractivity contribution in [3.05, 3.63) is 53.3 Å². The maximum absolute atomic E-state index is 4.37. The van der Waals surface area contributed by atoms with Gasteiger partial charge in [-0.2, -0.15) is 0 Å². The highest BCUT2D eigenvalue weighted by Gasteiger charge is 2.06. The molecule has 0 saturated carbocycles. The van der Waals surface area contributed by atoms with Crippen molar-refractivity contribution in [3.8, 4) is 5.69 Å². The molecule has 1 aromatic heterocycles. The molecule has 0 amide bonds. The first-order valence-corrected chi connectivity index (χ1v) is 7.42. The Hall–Kier alpha value is -1.81. The van der Waals surface area contributed by atoms with E-state index in [1.54, 1.807) is 0 Å². The molecule has 0 aliphatic carbocycles. The number of nitrogens with one attached hydrogen (secondary N) is 1. The van der Waals surface area contributed by atoms with Crippen LogP contribution < -0.4 is 5.32 Å². The smallest absolute Gasteiger partial charge is 0.207 e. The summed E-state index contributed by atoms with van der Waals surface area (Å²) >= 11 is 3.50. The average Bonchev–Trinajstić information content (AvgIpc) is 2.85. The van der Waals surface area contributed by atoms with Crippen LogP contribution in [0.1, 0.15) is 13.8 Å². The minimum Gasteiger partial charge on any atom is -0.353 e. The number of nitrogens with zero attached hydrogens (tertiary/aromatic N) is 2. The summed E-state index contributed by atoms with van der Waals surface area (Å²) in [6.45, 7) is 4.22. The molecule has 0 radical (unpaired) electrons. The summed E-state index contributed by atoms with van der Waals surface area (Å²) in [5.41, 5.74) is 1.11. The van der Waals surface area contributed by atoms with Gasteiger partial charge in [-0.25, -0.2) is 4.98 Å². The van der Waals surface area contributed by atoms with Crippen molar-refractivity contribution in [1.29, 1.82) is 0 Å². The fourth-order valence-corrected chi connectivity index (χ4v) is 2.61. The molecule has 0 spiro atoms. The third-order valence-electron chi connectivity index (χ3n) is 3.12. The van der Waals surface area contributed by atoms with Gasteiger partial charge in [0.05, 0.1) is 0 Å². The number of aromatic nitrogens is 2. The van der Waals surface area contributed by atoms with Gasteiger partial charge in [-0.3, -0.25) is 4.57 Å². The van der Waals surface area contributed by atoms with Crippen LogP contribution in [-0.2, 0) is 0 Å². The lowest BCUT2D eigenvalue weighted by Crippen LogP contribution is -2.13. The zero-order valence-electron chi connectivity index (χ0n) is 11.5. The van der Waals surface area contributed by atoms with Crippen molar-refractivity contribution in [3.63, 3.8) is 0 Å². The molecule has 0 unspecified atom stereocenters. The number of anilines is 1. The molecule has 1 heterocycles. The lowest BCUT2D eigenvalue weighted by Gasteiger charge is -2.13. The Morgan fingerprint density at radius 2 is 1.85 bits per heavy atom. The molecule has 0 aliphatic rings. The normalized spacial score (nSPS) is 11.2. The maximum atomic E-state index is 4.37. The van der Waals surface area contributed by atoms with Gasteiger partial charge >= 0.3 is 0 Å². The molecule has 1 N–H and O–H groups in total. The summed E-state index contributed by atoms with van der Waals surface area (Å²) in [4.78, 5) is 4.37. The third kappa shape index (κ3) is 2.56. The highest BCUT2D eigenvalue weighted by Crippen LogP contribution is 2.24. The number of rotatable bonds is 3. The van der Waals surface area contributed by atoms with Crippen molar-refractivity contribution < 1.29 is 0 Å². The van der Waals surface area contributed by atoms with Gasteiger partial charge in [0.15, 0.2) is 0 Å². The molecular formula is C16H16BrN3. The minimum absolute atomic E-state index is 0.354. The first-order chi connectivity index (χ1) is 9.63. The minimum atomic E-state index is 0.354. The second-order valence-electron chi connectivity index (χ2n) is 5.10. The number of hydrogen-bond donors (Lipinski definition) is 1. The second-order valence-corrected chi connectivity index (χ2v) is 6.01. The Kier molecular flexibility index (Phi) is 3.49. The van der Waals surface area contributed by atoms with Crippen LogP contribution in [0.25, 0.3) is 16.5 Å². The van der Waals surface area contributed by atoms with Crippen molar-refractivity contribution in [1.82, 2.24) is 9.55 Å². The molecule has 0 aliphatic heterocycles. The summed E-state index contributed by atoms with van der Waals surface area (Å²) < 4.78 is 3.17. The van der Waals surface area contributed by atoms with Crippen LogP contribution in [0.4, 0.5) is 5.95 Å². The van der Waals surface area contributed by atoms with E-state index in [0.29, 0.717) is 6.04 Å². The molecule has 102 valence electrons. The Balaban J connectivity index is 2.06. The average molecular weight is 330 g/mol. The predicted octanol–water partition coefficient (Wildman–Crippen LogP) is 4.61. The van der Waals surface area contributed by atoms with Gasteiger partial charge in [-0.15, -0.1) is 0 Å². The fourth-order valence-electron chi connectivity index (χ4n) is 2.23. The first kappa shape index (κ1) is 13.2. The summed E-state index contributed by atoms with van der Waals surface area (Å²) in [6.07, 6.45) is 3.79. The van der Waals surface area contributed by atoms with Gasteiger partial charge < -0.3 is 5.32 Å². The number of hydrogen-bond acceptors (Lipinski definition) is 2. The first-order valence-electron chi connectivity index (χ1n) is 6.63. The molecule has 20 heavy (non-hydrogen) atoms. The van der Waals surface area contributed by atoms with Gasteiger partial charge in [0, 0.05) is 28.6 Å². The summed E-state index contributed by atoms with van der Waals surface area (Å²) in [6, 6.07) is 13.1. The van der Waals surface area contributed by atoms with E-state index in [-0.39, 0.29) is 0 Å². The molecule has 0 atom stereocenters. The quantitative estimate of drug-likeness (QED) is 0.760. The SMILES string of the molecule is CC(C)Nc1nccn1-c1ccc2cc(Br)ccc2c1. The Bertz CT molecular complexity index is 746. The Labute approximate surface area is 126 Å². The molecular weight excluding hydrogens is 314 g/mol. The van der Waals surface area contributed by atoms with Crippen LogP contribution in [0, 0.1) is 0 Å². The molecule has 4 heteroatoms. The lowest BCUT2D eigenvalue weighted by molar-refractivity contribution is 0.864. The number of halogens is 1. The van der Waals surface area contributed by atoms with Gasteiger partial charge in [0.1, 0.15) is 0 Å². The van der Waals surface area contributed by atoms with Crippen LogP contribution in [0.15, 0.2) is 53.3 Å². The molecule has 2 aromatic carbocycles. The monoisotopic (exact) mass is 329 g/mol. The predicted molar refractivity (Wildman–Crippen MR) is 87.5 cm³/mol. The van der Waals surface area contributed by atoms with E-state index in [9.17, 15) is 0 Å². The molecule has 3 nitrogen and oxygen atoms in total. The molecule has 3 rings (SSSR count). The van der Waals surface area contributed by atoms with Gasteiger partial charge in [0.2, 0.25) is 5.95 Å². The van der Waals surface area contributed by atoms with Crippen molar-refractivity contribution in [2.45, 2.75) is 19.9 Å². The lowest BCUT2D eigenvalue weighted by atomic mass is 10.1. The van der Waals surface area contributed by atoms with E-state index >= 15 is 0 Å². The molecule has 3 aromatic rings. The second kappa shape index (κ2) is 5.29. The van der Waals surface area contributed by atoms with Crippen LogP contribution in [-0.4, -0.2) is 15.6 Å². The van der Waals surface area contributed by atoms with Crippen LogP contribution in [0.5, 0.6) is 0 Å². The maximum Gasteiger partial charge on any atom is 0.207 e. The molecule has 0 fully saturated rings. The Morgan fingerprint density at radius 1 is 1.10 bits per heavy atom. The van der Waals surface area contributed by atoms with Gasteiger partial charge in [0.25, 0.3) is 0 Å². The fraction of sp³-hybridized carbons (Fsp3) is 0.188. The van der Waals surface area contributed by atoms with Crippen molar-refractivity contribution in [2.24, 2.45) is 0 Å². The number of benzene rings is 2. The standard InChI is InChI=1S/C16H16BrN3/c1-11(2)19-16-18-7-8-20(16)15-6-4-12-9-14(17)5-3-13(12)10-15/h3-11H,1-2H3,(H,18,19). The van der Waals surface area contributed by atoms with Crippen LogP contribution >= 0.6 is 15.9 Å². The van der Waals surface area contributed by atoms with E-state index in [2.05, 4.69) is 81.0 Å². The van der Waals surface area contributed by atoms with E-state index in [4.69, 9.17) is 0 Å². The highest BCUT2D eigenvalue weighted by atomic mass is 79.9. The van der Waals surface area contributed by atoms with Crippen molar-refractivity contribution in [2.75, 3.05) is 5.32 Å². The summed E-state index contributed by atoms with van der Waals surface area (Å²) in [5, 5.41) is 5.79. The van der Waals surface area contributed by atoms with E-state index in [1.165, 1.54) is 10.8 Å². The zero-order chi connectivity index (χ0) is 14.1. The van der Waals surface area contributed by atoms with Crippen LogP contribution in [0.2, 0.25) is 0 Å². The van der Waals surface area contributed by atoms with E-state index in [0.717, 1.165) is 16.1 Å². The number of imidazole rings is 1. The summed E-state index contributed by atoms with van der Waals surface area (Å²) in [7, 11) is 0. The zero-order valence-corrected chi connectivity index (χ0v) is 13.1. The van der Waals surface area contributed by atoms with Gasteiger partial charge in [-0.05, 0) is 48.9 Å². The topological polar surface area (TPSA) is 29.9 Å². The Morgan fingerprint density at radius 3 is 2.65 bits per heavy atom. The number of fused-ring (bicyclic) bond motifs is 1. The van der Waals surface area contributed by atoms with Crippen LogP contribution in [0.3, 0.4) is 0 Å². The van der Waals surface area contributed by atoms with E-state index in [1.807, 2.05) is 12.4 Å². The third-order valence-corrected chi connectivity index (χ3v) is 3.62. The largest absolute Gasteiger partial charge is 0.353 e. The van der Waals surface area contributed by atoms with Gasteiger partial charge in [-0.1, -0.05) is 28.1 Å². The van der Waals surface area contributed by atoms with E-state index < -0.39 is 0 Å². The highest BCUT2D eigenvalue weighted by molar-refractivity contribution is 9.10.